The van der Waals surface area contributed by atoms with E-state index in [9.17, 15) is 18.0 Å². The Kier molecular flexibility index (Phi) is 5.02. The van der Waals surface area contributed by atoms with E-state index in [0.29, 0.717) is 24.0 Å². The van der Waals surface area contributed by atoms with Gasteiger partial charge in [0.15, 0.2) is 5.67 Å². The zero-order chi connectivity index (χ0) is 20.7. The first-order chi connectivity index (χ1) is 13.0. The molecule has 0 bridgehead atoms. The number of methoxy groups -OCH3 is 1. The lowest BCUT2D eigenvalue weighted by atomic mass is 9.67. The van der Waals surface area contributed by atoms with Crippen LogP contribution in [0, 0.1) is 5.41 Å². The van der Waals surface area contributed by atoms with E-state index in [2.05, 4.69) is 4.74 Å². The Morgan fingerprint density at radius 3 is 2.29 bits per heavy atom. The van der Waals surface area contributed by atoms with Gasteiger partial charge >= 0.3 is 12.1 Å². The lowest BCUT2D eigenvalue weighted by Crippen LogP contribution is -2.38. The van der Waals surface area contributed by atoms with E-state index in [1.54, 1.807) is 36.4 Å². The molecule has 0 radical (unpaired) electrons. The van der Waals surface area contributed by atoms with E-state index in [0.717, 1.165) is 13.2 Å². The normalized spacial score (nSPS) is 24.7. The third-order valence-electron chi connectivity index (χ3n) is 5.56. The number of alkyl halides is 4. The van der Waals surface area contributed by atoms with Crippen LogP contribution in [-0.4, -0.2) is 24.9 Å². The van der Waals surface area contributed by atoms with Crippen LogP contribution in [0.4, 0.5) is 17.6 Å². The van der Waals surface area contributed by atoms with Gasteiger partial charge in [-0.15, -0.1) is 0 Å². The maximum atomic E-state index is 16.7. The van der Waals surface area contributed by atoms with E-state index < -0.39 is 40.8 Å². The number of hydrogen-bond acceptors (Lipinski definition) is 2. The maximum Gasteiger partial charge on any atom is 0.416 e. The Morgan fingerprint density at radius 1 is 1.14 bits per heavy atom. The summed E-state index contributed by atoms with van der Waals surface area (Å²) in [7, 11) is 0.998. The molecule has 0 fully saturated rings. The first-order valence-corrected chi connectivity index (χ1v) is 9.07. The van der Waals surface area contributed by atoms with Gasteiger partial charge in [0.1, 0.15) is 0 Å². The summed E-state index contributed by atoms with van der Waals surface area (Å²) in [6, 6.07) is 8.18. The highest BCUT2D eigenvalue weighted by molar-refractivity contribution is 5.95. The number of carbonyl (C=O) groups is 1. The summed E-state index contributed by atoms with van der Waals surface area (Å²) in [6.07, 6.45) is -1.64. The van der Waals surface area contributed by atoms with Gasteiger partial charge in [-0.25, -0.2) is 9.18 Å². The van der Waals surface area contributed by atoms with E-state index in [1.165, 1.54) is 0 Å². The molecule has 6 heteroatoms. The van der Waals surface area contributed by atoms with Gasteiger partial charge in [-0.3, -0.25) is 0 Å². The lowest BCUT2D eigenvalue weighted by Gasteiger charge is -2.40. The van der Waals surface area contributed by atoms with Gasteiger partial charge in [0, 0.05) is 12.0 Å². The molecule has 2 aliphatic carbocycles. The number of allylic oxidation sites excluding steroid dienone is 5. The SMILES string of the molecule is COC(=O)C1=C(C(F)(F)F)C=C(c2ccccc2)C(F)(C2=CCCC2(C)C)C1. The number of ether oxygens (including phenoxy) is 1. The predicted octanol–water partition coefficient (Wildman–Crippen LogP) is 5.96. The molecule has 2 nitrogen and oxygen atoms in total. The Morgan fingerprint density at radius 2 is 1.79 bits per heavy atom. The fraction of sp³-hybridized carbons (Fsp3) is 0.409. The molecule has 1 aromatic rings. The van der Waals surface area contributed by atoms with E-state index in [4.69, 9.17) is 0 Å². The minimum absolute atomic E-state index is 0.0747. The van der Waals surface area contributed by atoms with Crippen LogP contribution in [0.1, 0.15) is 38.7 Å². The van der Waals surface area contributed by atoms with Crippen LogP contribution in [0.25, 0.3) is 5.57 Å². The van der Waals surface area contributed by atoms with Gasteiger partial charge in [-0.05, 0) is 35.5 Å². The monoisotopic (exact) mass is 394 g/mol. The molecule has 0 aromatic heterocycles. The van der Waals surface area contributed by atoms with Gasteiger partial charge in [-0.2, -0.15) is 13.2 Å². The standard InChI is InChI=1S/C22H22F4O2/c1-20(2)11-7-10-18(20)21(23)13-15(19(27)28-3)17(22(24,25)26)12-16(21)14-8-5-4-6-9-14/h4-6,8-10,12H,7,11,13H2,1-3H3. The lowest BCUT2D eigenvalue weighted by molar-refractivity contribution is -0.138. The van der Waals surface area contributed by atoms with Gasteiger partial charge < -0.3 is 4.74 Å². The molecule has 150 valence electrons. The molecule has 0 amide bonds. The average molecular weight is 394 g/mol. The topological polar surface area (TPSA) is 26.3 Å². The number of rotatable bonds is 3. The van der Waals surface area contributed by atoms with E-state index in [1.807, 2.05) is 13.8 Å². The van der Waals surface area contributed by atoms with Crippen molar-refractivity contribution in [2.45, 2.75) is 45.0 Å². The summed E-state index contributed by atoms with van der Waals surface area (Å²) < 4.78 is 62.4. The highest BCUT2D eigenvalue weighted by Crippen LogP contribution is 2.56. The van der Waals surface area contributed by atoms with Crippen molar-refractivity contribution in [1.82, 2.24) is 0 Å². The quantitative estimate of drug-likeness (QED) is 0.359. The number of carbonyl (C=O) groups excluding carboxylic acids is 1. The first kappa shape index (κ1) is 20.4. The van der Waals surface area contributed by atoms with Crippen LogP contribution in [0.2, 0.25) is 0 Å². The molecule has 0 heterocycles. The van der Waals surface area contributed by atoms with Crippen LogP contribution in [0.3, 0.4) is 0 Å². The molecule has 2 aliphatic rings. The second-order valence-corrected chi connectivity index (χ2v) is 7.82. The van der Waals surface area contributed by atoms with Crippen molar-refractivity contribution >= 4 is 11.5 Å². The van der Waals surface area contributed by atoms with Crippen molar-refractivity contribution in [2.24, 2.45) is 5.41 Å². The van der Waals surface area contributed by atoms with Crippen LogP contribution < -0.4 is 0 Å². The summed E-state index contributed by atoms with van der Waals surface area (Å²) in [5, 5.41) is 0. The van der Waals surface area contributed by atoms with E-state index >= 15 is 4.39 Å². The fourth-order valence-corrected chi connectivity index (χ4v) is 4.19. The Labute approximate surface area is 161 Å². The molecular weight excluding hydrogens is 372 g/mol. The van der Waals surface area contributed by atoms with Crippen molar-refractivity contribution in [1.29, 1.82) is 0 Å². The largest absolute Gasteiger partial charge is 0.466 e. The summed E-state index contributed by atoms with van der Waals surface area (Å²) in [4.78, 5) is 12.1. The van der Waals surface area contributed by atoms with Crippen molar-refractivity contribution < 1.29 is 27.1 Å². The molecule has 28 heavy (non-hydrogen) atoms. The first-order valence-electron chi connectivity index (χ1n) is 9.07. The van der Waals surface area contributed by atoms with Crippen LogP contribution >= 0.6 is 0 Å². The summed E-state index contributed by atoms with van der Waals surface area (Å²) in [6.45, 7) is 3.74. The van der Waals surface area contributed by atoms with Gasteiger partial charge in [0.05, 0.1) is 18.3 Å². The molecular formula is C22H22F4O2. The number of halogens is 4. The van der Waals surface area contributed by atoms with Crippen LogP contribution in [-0.2, 0) is 9.53 Å². The second kappa shape index (κ2) is 6.90. The molecule has 0 aliphatic heterocycles. The van der Waals surface area contributed by atoms with Crippen molar-refractivity contribution in [2.75, 3.05) is 7.11 Å². The zero-order valence-corrected chi connectivity index (χ0v) is 16.0. The van der Waals surface area contributed by atoms with Gasteiger partial charge in [-0.1, -0.05) is 50.3 Å². The third-order valence-corrected chi connectivity index (χ3v) is 5.56. The second-order valence-electron chi connectivity index (χ2n) is 7.82. The molecule has 1 unspecified atom stereocenters. The van der Waals surface area contributed by atoms with Crippen LogP contribution in [0.15, 0.2) is 59.2 Å². The van der Waals surface area contributed by atoms with Crippen molar-refractivity contribution in [3.63, 3.8) is 0 Å². The number of hydrogen-bond donors (Lipinski definition) is 0. The highest BCUT2D eigenvalue weighted by Gasteiger charge is 2.52. The van der Waals surface area contributed by atoms with Crippen molar-refractivity contribution in [3.8, 4) is 0 Å². The average Bonchev–Trinajstić information content (AvgIpc) is 3.00. The Balaban J connectivity index is 2.29. The van der Waals surface area contributed by atoms with Crippen LogP contribution in [0.5, 0.6) is 0 Å². The third kappa shape index (κ3) is 3.40. The molecule has 0 saturated heterocycles. The molecule has 0 N–H and O–H groups in total. The highest BCUT2D eigenvalue weighted by atomic mass is 19.4. The van der Waals surface area contributed by atoms with E-state index in [-0.39, 0.29) is 5.57 Å². The number of esters is 1. The molecule has 1 atom stereocenters. The Hall–Kier alpha value is -2.37. The minimum atomic E-state index is -4.80. The van der Waals surface area contributed by atoms with Gasteiger partial charge in [0.25, 0.3) is 0 Å². The van der Waals surface area contributed by atoms with Crippen molar-refractivity contribution in [3.05, 3.63) is 64.8 Å². The van der Waals surface area contributed by atoms with Gasteiger partial charge in [0.2, 0.25) is 0 Å². The Bertz CT molecular complexity index is 876. The molecule has 0 spiro atoms. The summed E-state index contributed by atoms with van der Waals surface area (Å²) in [5.41, 5.74) is -3.88. The molecule has 3 rings (SSSR count). The molecule has 0 saturated carbocycles. The zero-order valence-electron chi connectivity index (χ0n) is 16.0. The maximum absolute atomic E-state index is 16.7. The summed E-state index contributed by atoms with van der Waals surface area (Å²) >= 11 is 0. The minimum Gasteiger partial charge on any atom is -0.466 e. The predicted molar refractivity (Wildman–Crippen MR) is 99.1 cm³/mol. The fourth-order valence-electron chi connectivity index (χ4n) is 4.19. The molecule has 1 aromatic carbocycles. The smallest absolute Gasteiger partial charge is 0.416 e. The number of benzene rings is 1. The summed E-state index contributed by atoms with van der Waals surface area (Å²) in [5.74, 6) is -1.16.